The molecule has 0 aromatic heterocycles. The zero-order chi connectivity index (χ0) is 23.2. The molecule has 1 fully saturated rings. The molecule has 0 heterocycles. The fraction of sp³-hybridized carbons (Fsp3) is 0.259. The van der Waals surface area contributed by atoms with Crippen molar-refractivity contribution in [3.05, 3.63) is 95.1 Å². The zero-order valence-electron chi connectivity index (χ0n) is 18.8. The Balaban J connectivity index is 1.29. The highest BCUT2D eigenvalue weighted by atomic mass is 16.6. The predicted molar refractivity (Wildman–Crippen MR) is 129 cm³/mol. The van der Waals surface area contributed by atoms with Crippen molar-refractivity contribution in [3.63, 3.8) is 0 Å². The lowest BCUT2D eigenvalue weighted by atomic mass is 10.0. The number of carboxylic acid groups (broad SMARTS) is 1. The minimum Gasteiger partial charge on any atom is -0.487 e. The second-order valence-electron chi connectivity index (χ2n) is 8.23. The Labute approximate surface area is 193 Å². The largest absolute Gasteiger partial charge is 0.487 e. The lowest BCUT2D eigenvalue weighted by Crippen LogP contribution is -2.14. The van der Waals surface area contributed by atoms with Crippen LogP contribution in [0, 0.1) is 12.8 Å². The van der Waals surface area contributed by atoms with Crippen molar-refractivity contribution in [1.82, 2.24) is 0 Å². The van der Waals surface area contributed by atoms with Gasteiger partial charge in [0.25, 0.3) is 0 Å². The first kappa shape index (κ1) is 22.4. The third-order valence-electron chi connectivity index (χ3n) is 5.90. The second kappa shape index (κ2) is 10.2. The van der Waals surface area contributed by atoms with Crippen molar-refractivity contribution in [2.45, 2.75) is 25.8 Å². The summed E-state index contributed by atoms with van der Waals surface area (Å²) in [5.74, 6) is -0.00706. The van der Waals surface area contributed by atoms with Crippen LogP contribution >= 0.6 is 0 Å². The van der Waals surface area contributed by atoms with Gasteiger partial charge in [0.1, 0.15) is 25.2 Å². The average molecular weight is 445 g/mol. The first-order valence-corrected chi connectivity index (χ1v) is 11.0. The van der Waals surface area contributed by atoms with Gasteiger partial charge in [-0.3, -0.25) is 4.79 Å². The second-order valence-corrected chi connectivity index (χ2v) is 8.23. The average Bonchev–Trinajstić information content (AvgIpc) is 3.63. The molecule has 0 aliphatic heterocycles. The van der Waals surface area contributed by atoms with Crippen LogP contribution in [0.25, 0.3) is 0 Å². The Hall–Kier alpha value is -3.80. The standard InChI is InChI=1S/C27H28N2O4/c1-18-5-3-4-6-23(18)26(29-32-2)17-33-22-13-7-19(8-14-22)16-28-21-11-9-20(10-12-21)24-15-25(24)27(30)31/h3-14,24-25,28H,15-17H2,1-2H3,(H,30,31). The first-order valence-electron chi connectivity index (χ1n) is 11.0. The molecule has 4 rings (SSSR count). The SMILES string of the molecule is CON=C(COc1ccc(CNc2ccc(C3CC3C(=O)O)cc2)cc1)c1ccccc1C. The highest BCUT2D eigenvalue weighted by Gasteiger charge is 2.43. The third-order valence-corrected chi connectivity index (χ3v) is 5.90. The van der Waals surface area contributed by atoms with E-state index in [9.17, 15) is 4.79 Å². The van der Waals surface area contributed by atoms with Crippen LogP contribution in [0.3, 0.4) is 0 Å². The summed E-state index contributed by atoms with van der Waals surface area (Å²) in [6.07, 6.45) is 0.736. The van der Waals surface area contributed by atoms with Crippen molar-refractivity contribution in [1.29, 1.82) is 0 Å². The third kappa shape index (κ3) is 5.71. The molecule has 33 heavy (non-hydrogen) atoms. The number of ether oxygens (including phenoxy) is 1. The number of nitrogens with zero attached hydrogens (tertiary/aromatic N) is 1. The van der Waals surface area contributed by atoms with Crippen molar-refractivity contribution in [2.24, 2.45) is 11.1 Å². The fourth-order valence-corrected chi connectivity index (χ4v) is 3.90. The fourth-order valence-electron chi connectivity index (χ4n) is 3.90. The minimum atomic E-state index is -0.702. The molecule has 1 aliphatic rings. The van der Waals surface area contributed by atoms with E-state index in [0.29, 0.717) is 13.2 Å². The summed E-state index contributed by atoms with van der Waals surface area (Å²) < 4.78 is 5.94. The van der Waals surface area contributed by atoms with Crippen LogP contribution in [0.4, 0.5) is 5.69 Å². The molecular weight excluding hydrogens is 416 g/mol. The number of oxime groups is 1. The Kier molecular flexibility index (Phi) is 6.93. The van der Waals surface area contributed by atoms with E-state index < -0.39 is 5.97 Å². The van der Waals surface area contributed by atoms with E-state index in [1.807, 2.05) is 79.7 Å². The van der Waals surface area contributed by atoms with Crippen LogP contribution in [0.2, 0.25) is 0 Å². The molecule has 2 atom stereocenters. The highest BCUT2D eigenvalue weighted by Crippen LogP contribution is 2.47. The lowest BCUT2D eigenvalue weighted by Gasteiger charge is -2.12. The number of benzene rings is 3. The van der Waals surface area contributed by atoms with Crippen molar-refractivity contribution in [3.8, 4) is 5.75 Å². The molecule has 0 amide bonds. The van der Waals surface area contributed by atoms with Gasteiger partial charge in [-0.25, -0.2) is 0 Å². The van der Waals surface area contributed by atoms with E-state index in [-0.39, 0.29) is 11.8 Å². The maximum Gasteiger partial charge on any atom is 0.307 e. The molecule has 0 spiro atoms. The number of anilines is 1. The molecule has 0 saturated heterocycles. The smallest absolute Gasteiger partial charge is 0.307 e. The molecule has 0 radical (unpaired) electrons. The van der Waals surface area contributed by atoms with Gasteiger partial charge in [0, 0.05) is 17.8 Å². The summed E-state index contributed by atoms with van der Waals surface area (Å²) in [5.41, 5.74) is 6.09. The van der Waals surface area contributed by atoms with E-state index in [0.717, 1.165) is 45.8 Å². The van der Waals surface area contributed by atoms with Gasteiger partial charge in [0.05, 0.1) is 5.92 Å². The topological polar surface area (TPSA) is 80.2 Å². The van der Waals surface area contributed by atoms with Crippen LogP contribution in [0.1, 0.15) is 34.6 Å². The molecule has 3 aromatic rings. The number of rotatable bonds is 10. The normalized spacial score (nSPS) is 17.3. The molecule has 2 unspecified atom stereocenters. The van der Waals surface area contributed by atoms with Gasteiger partial charge in [-0.1, -0.05) is 53.7 Å². The Morgan fingerprint density at radius 1 is 1.06 bits per heavy atom. The molecule has 6 heteroatoms. The van der Waals surface area contributed by atoms with Gasteiger partial charge in [-0.2, -0.15) is 0 Å². The molecule has 1 saturated carbocycles. The van der Waals surface area contributed by atoms with E-state index in [4.69, 9.17) is 14.7 Å². The zero-order valence-corrected chi connectivity index (χ0v) is 18.8. The van der Waals surface area contributed by atoms with Gasteiger partial charge in [-0.15, -0.1) is 0 Å². The van der Waals surface area contributed by atoms with Crippen molar-refractivity contribution in [2.75, 3.05) is 19.0 Å². The molecular formula is C27H28N2O4. The molecule has 0 bridgehead atoms. The Bertz CT molecular complexity index is 1120. The van der Waals surface area contributed by atoms with Crippen molar-refractivity contribution < 1.29 is 19.5 Å². The van der Waals surface area contributed by atoms with E-state index in [2.05, 4.69) is 10.5 Å². The summed E-state index contributed by atoms with van der Waals surface area (Å²) in [6.45, 7) is 3.03. The number of carboxylic acids is 1. The van der Waals surface area contributed by atoms with Crippen LogP contribution in [0.5, 0.6) is 5.75 Å². The molecule has 1 aliphatic carbocycles. The molecule has 6 nitrogen and oxygen atoms in total. The van der Waals surface area contributed by atoms with E-state index in [1.165, 1.54) is 7.11 Å². The minimum absolute atomic E-state index is 0.157. The van der Waals surface area contributed by atoms with Crippen LogP contribution in [0.15, 0.2) is 78.0 Å². The van der Waals surface area contributed by atoms with Crippen LogP contribution < -0.4 is 10.1 Å². The first-order chi connectivity index (χ1) is 16.0. The van der Waals surface area contributed by atoms with Gasteiger partial charge >= 0.3 is 5.97 Å². The lowest BCUT2D eigenvalue weighted by molar-refractivity contribution is -0.138. The summed E-state index contributed by atoms with van der Waals surface area (Å²) in [7, 11) is 1.53. The van der Waals surface area contributed by atoms with Gasteiger partial charge in [0.15, 0.2) is 0 Å². The maximum atomic E-state index is 11.0. The maximum absolute atomic E-state index is 11.0. The Morgan fingerprint density at radius 3 is 2.42 bits per heavy atom. The Morgan fingerprint density at radius 2 is 1.79 bits per heavy atom. The van der Waals surface area contributed by atoms with E-state index in [1.54, 1.807) is 0 Å². The molecule has 170 valence electrons. The van der Waals surface area contributed by atoms with Gasteiger partial charge in [0.2, 0.25) is 0 Å². The van der Waals surface area contributed by atoms with Crippen LogP contribution in [-0.2, 0) is 16.2 Å². The molecule has 2 N–H and O–H groups in total. The number of hydrogen-bond acceptors (Lipinski definition) is 5. The summed E-state index contributed by atoms with van der Waals surface area (Å²) in [4.78, 5) is 16.1. The quantitative estimate of drug-likeness (QED) is 0.331. The van der Waals surface area contributed by atoms with Gasteiger partial charge in [-0.05, 0) is 60.2 Å². The predicted octanol–water partition coefficient (Wildman–Crippen LogP) is 5.22. The van der Waals surface area contributed by atoms with Gasteiger partial charge < -0.3 is 20.0 Å². The monoisotopic (exact) mass is 444 g/mol. The number of hydrogen-bond donors (Lipinski definition) is 2. The van der Waals surface area contributed by atoms with E-state index >= 15 is 0 Å². The number of aliphatic carboxylic acids is 1. The number of carbonyl (C=O) groups is 1. The number of nitrogens with one attached hydrogen (secondary N) is 1. The molecule has 3 aromatic carbocycles. The summed E-state index contributed by atoms with van der Waals surface area (Å²) in [5, 5.41) is 16.6. The summed E-state index contributed by atoms with van der Waals surface area (Å²) in [6, 6.07) is 24.0. The number of aryl methyl sites for hydroxylation is 1. The van der Waals surface area contributed by atoms with Crippen LogP contribution in [-0.4, -0.2) is 30.5 Å². The highest BCUT2D eigenvalue weighted by molar-refractivity contribution is 6.02. The van der Waals surface area contributed by atoms with Crippen molar-refractivity contribution >= 4 is 17.4 Å². The summed E-state index contributed by atoms with van der Waals surface area (Å²) >= 11 is 0.